The zero-order chi connectivity index (χ0) is 15.6. The molecule has 2 unspecified atom stereocenters. The largest absolute Gasteiger partial charge is 0.496 e. The van der Waals surface area contributed by atoms with Gasteiger partial charge in [0.05, 0.1) is 12.5 Å². The predicted octanol–water partition coefficient (Wildman–Crippen LogP) is 3.53. The van der Waals surface area contributed by atoms with E-state index in [0.29, 0.717) is 12.3 Å². The van der Waals surface area contributed by atoms with Crippen LogP contribution in [0.5, 0.6) is 5.75 Å². The van der Waals surface area contributed by atoms with Gasteiger partial charge in [0, 0.05) is 29.4 Å². The highest BCUT2D eigenvalue weighted by atomic mass is 16.5. The molecule has 2 rings (SSSR count). The van der Waals surface area contributed by atoms with E-state index in [0.717, 1.165) is 48.3 Å². The number of aromatic nitrogens is 1. The summed E-state index contributed by atoms with van der Waals surface area (Å²) >= 11 is 0. The summed E-state index contributed by atoms with van der Waals surface area (Å²) < 4.78 is 5.43. The molecular weight excluding hydrogens is 266 g/mol. The number of carbonyl (C=O) groups is 1. The number of pyridine rings is 1. The standard InChI is InChI=1S/C17H25NO3/c1-11-6-5-7-17(8-11,16(19)20)9-14-13(3)15(21-4)12(2)10-18-14/h10-11H,5-9H2,1-4H3,(H,19,20). The Morgan fingerprint density at radius 1 is 1.52 bits per heavy atom. The average Bonchev–Trinajstić information content (AvgIpc) is 2.42. The SMILES string of the molecule is COc1c(C)cnc(CC2(C(=O)O)CCCC(C)C2)c1C. The Morgan fingerprint density at radius 2 is 2.24 bits per heavy atom. The maximum Gasteiger partial charge on any atom is 0.310 e. The highest BCUT2D eigenvalue weighted by Crippen LogP contribution is 2.43. The molecule has 0 saturated heterocycles. The lowest BCUT2D eigenvalue weighted by molar-refractivity contribution is -0.152. The van der Waals surface area contributed by atoms with Crippen molar-refractivity contribution >= 4 is 5.97 Å². The monoisotopic (exact) mass is 291 g/mol. The van der Waals surface area contributed by atoms with Crippen LogP contribution < -0.4 is 4.74 Å². The van der Waals surface area contributed by atoms with Crippen LogP contribution in [0.4, 0.5) is 0 Å². The average molecular weight is 291 g/mol. The summed E-state index contributed by atoms with van der Waals surface area (Å²) in [5.41, 5.74) is 2.14. The van der Waals surface area contributed by atoms with E-state index >= 15 is 0 Å². The van der Waals surface area contributed by atoms with Crippen LogP contribution in [0.15, 0.2) is 6.20 Å². The first-order valence-corrected chi connectivity index (χ1v) is 7.62. The first kappa shape index (κ1) is 15.8. The van der Waals surface area contributed by atoms with Crippen molar-refractivity contribution in [2.75, 3.05) is 7.11 Å². The van der Waals surface area contributed by atoms with Crippen molar-refractivity contribution in [2.45, 2.75) is 52.9 Å². The molecule has 0 spiro atoms. The van der Waals surface area contributed by atoms with E-state index in [1.165, 1.54) is 0 Å². The van der Waals surface area contributed by atoms with Gasteiger partial charge >= 0.3 is 5.97 Å². The molecule has 0 radical (unpaired) electrons. The number of hydrogen-bond donors (Lipinski definition) is 1. The number of ether oxygens (including phenoxy) is 1. The maximum absolute atomic E-state index is 11.9. The zero-order valence-corrected chi connectivity index (χ0v) is 13.4. The van der Waals surface area contributed by atoms with Crippen LogP contribution in [0.1, 0.15) is 49.4 Å². The minimum Gasteiger partial charge on any atom is -0.496 e. The lowest BCUT2D eigenvalue weighted by Gasteiger charge is -2.36. The number of aliphatic carboxylic acids is 1. The second kappa shape index (κ2) is 6.04. The van der Waals surface area contributed by atoms with Crippen LogP contribution in [0.2, 0.25) is 0 Å². The van der Waals surface area contributed by atoms with E-state index in [1.807, 2.05) is 13.8 Å². The van der Waals surface area contributed by atoms with E-state index in [9.17, 15) is 9.90 Å². The summed E-state index contributed by atoms with van der Waals surface area (Å²) in [4.78, 5) is 16.4. The smallest absolute Gasteiger partial charge is 0.310 e. The lowest BCUT2D eigenvalue weighted by Crippen LogP contribution is -2.38. The van der Waals surface area contributed by atoms with Crippen molar-refractivity contribution in [3.63, 3.8) is 0 Å². The summed E-state index contributed by atoms with van der Waals surface area (Å²) in [5, 5.41) is 9.78. The minimum atomic E-state index is -0.685. The molecule has 1 aromatic heterocycles. The Labute approximate surface area is 126 Å². The molecule has 4 nitrogen and oxygen atoms in total. The van der Waals surface area contributed by atoms with Crippen molar-refractivity contribution in [3.8, 4) is 5.75 Å². The fraction of sp³-hybridized carbons (Fsp3) is 0.647. The van der Waals surface area contributed by atoms with E-state index in [4.69, 9.17) is 4.74 Å². The highest BCUT2D eigenvalue weighted by Gasteiger charge is 2.42. The molecule has 1 aliphatic carbocycles. The predicted molar refractivity (Wildman–Crippen MR) is 81.7 cm³/mol. The molecule has 1 aliphatic rings. The summed E-state index contributed by atoms with van der Waals surface area (Å²) in [6, 6.07) is 0. The molecule has 1 saturated carbocycles. The number of nitrogens with zero attached hydrogens (tertiary/aromatic N) is 1. The first-order valence-electron chi connectivity index (χ1n) is 7.62. The van der Waals surface area contributed by atoms with Gasteiger partial charge in [0.25, 0.3) is 0 Å². The normalized spacial score (nSPS) is 25.6. The minimum absolute atomic E-state index is 0.461. The number of methoxy groups -OCH3 is 1. The number of carboxylic acid groups (broad SMARTS) is 1. The summed E-state index contributed by atoms with van der Waals surface area (Å²) in [6.07, 6.45) is 5.86. The Kier molecular flexibility index (Phi) is 4.55. The third-order valence-corrected chi connectivity index (χ3v) is 4.80. The fourth-order valence-electron chi connectivity index (χ4n) is 3.66. The Bertz CT molecular complexity index is 541. The number of carboxylic acids is 1. The summed E-state index contributed by atoms with van der Waals surface area (Å²) in [7, 11) is 1.65. The molecule has 0 aromatic carbocycles. The number of aryl methyl sites for hydroxylation is 1. The van der Waals surface area contributed by atoms with Gasteiger partial charge in [-0.3, -0.25) is 9.78 Å². The van der Waals surface area contributed by atoms with Crippen LogP contribution in [0.25, 0.3) is 0 Å². The van der Waals surface area contributed by atoms with E-state index in [-0.39, 0.29) is 0 Å². The zero-order valence-electron chi connectivity index (χ0n) is 13.4. The van der Waals surface area contributed by atoms with E-state index in [1.54, 1.807) is 13.3 Å². The van der Waals surface area contributed by atoms with E-state index in [2.05, 4.69) is 11.9 Å². The lowest BCUT2D eigenvalue weighted by atomic mass is 9.67. The third kappa shape index (κ3) is 3.04. The Balaban J connectivity index is 2.36. The van der Waals surface area contributed by atoms with Gasteiger partial charge in [-0.05, 0) is 32.6 Å². The van der Waals surface area contributed by atoms with Crippen LogP contribution in [0, 0.1) is 25.2 Å². The maximum atomic E-state index is 11.9. The molecule has 1 N–H and O–H groups in total. The second-order valence-electron chi connectivity index (χ2n) is 6.51. The molecule has 1 aromatic rings. The van der Waals surface area contributed by atoms with Crippen LogP contribution in [-0.2, 0) is 11.2 Å². The molecule has 0 aliphatic heterocycles. The Morgan fingerprint density at radius 3 is 2.81 bits per heavy atom. The molecule has 0 amide bonds. The number of hydrogen-bond acceptors (Lipinski definition) is 3. The quantitative estimate of drug-likeness (QED) is 0.922. The second-order valence-corrected chi connectivity index (χ2v) is 6.51. The Hall–Kier alpha value is -1.58. The molecular formula is C17H25NO3. The van der Waals surface area contributed by atoms with Crippen LogP contribution in [-0.4, -0.2) is 23.2 Å². The molecule has 116 valence electrons. The van der Waals surface area contributed by atoms with Gasteiger partial charge in [0.1, 0.15) is 5.75 Å². The van der Waals surface area contributed by atoms with Crippen LogP contribution >= 0.6 is 0 Å². The van der Waals surface area contributed by atoms with Crippen LogP contribution in [0.3, 0.4) is 0 Å². The molecule has 1 heterocycles. The van der Waals surface area contributed by atoms with E-state index < -0.39 is 11.4 Å². The summed E-state index contributed by atoms with van der Waals surface area (Å²) in [5.74, 6) is 0.599. The molecule has 0 bridgehead atoms. The van der Waals surface area contributed by atoms with Gasteiger partial charge in [-0.2, -0.15) is 0 Å². The van der Waals surface area contributed by atoms with Gasteiger partial charge in [-0.1, -0.05) is 19.8 Å². The van der Waals surface area contributed by atoms with Crippen molar-refractivity contribution in [1.29, 1.82) is 0 Å². The van der Waals surface area contributed by atoms with Gasteiger partial charge in [-0.15, -0.1) is 0 Å². The van der Waals surface area contributed by atoms with Crippen molar-refractivity contribution in [3.05, 3.63) is 23.0 Å². The number of rotatable bonds is 4. The van der Waals surface area contributed by atoms with Gasteiger partial charge in [0.2, 0.25) is 0 Å². The van der Waals surface area contributed by atoms with Gasteiger partial charge < -0.3 is 9.84 Å². The van der Waals surface area contributed by atoms with Crippen molar-refractivity contribution < 1.29 is 14.6 Å². The molecule has 21 heavy (non-hydrogen) atoms. The molecule has 1 fully saturated rings. The van der Waals surface area contributed by atoms with Crippen molar-refractivity contribution in [2.24, 2.45) is 11.3 Å². The first-order chi connectivity index (χ1) is 9.89. The topological polar surface area (TPSA) is 59.4 Å². The highest BCUT2D eigenvalue weighted by molar-refractivity contribution is 5.75. The van der Waals surface area contributed by atoms with Gasteiger partial charge in [0.15, 0.2) is 0 Å². The summed E-state index contributed by atoms with van der Waals surface area (Å²) in [6.45, 7) is 6.07. The molecule has 4 heteroatoms. The van der Waals surface area contributed by atoms with Crippen molar-refractivity contribution in [1.82, 2.24) is 4.98 Å². The fourth-order valence-corrected chi connectivity index (χ4v) is 3.66. The third-order valence-electron chi connectivity index (χ3n) is 4.80. The molecule has 2 atom stereocenters. The van der Waals surface area contributed by atoms with Gasteiger partial charge in [-0.25, -0.2) is 0 Å².